The van der Waals surface area contributed by atoms with Crippen molar-refractivity contribution in [3.05, 3.63) is 94.8 Å². The van der Waals surface area contributed by atoms with Crippen LogP contribution in [0.5, 0.6) is 0 Å². The summed E-state index contributed by atoms with van der Waals surface area (Å²) in [5.74, 6) is -0.978. The SMILES string of the molecule is O=C(NCc1ccc(Cl)cc1)c1ccccc1NS(=O)(=O)c1ccc(F)cc1. The van der Waals surface area contributed by atoms with E-state index in [9.17, 15) is 17.6 Å². The molecule has 0 bridgehead atoms. The van der Waals surface area contributed by atoms with Crippen molar-refractivity contribution in [1.82, 2.24) is 5.32 Å². The van der Waals surface area contributed by atoms with Crippen molar-refractivity contribution in [2.24, 2.45) is 0 Å². The molecule has 0 aromatic heterocycles. The maximum absolute atomic E-state index is 13.0. The molecule has 0 saturated carbocycles. The van der Waals surface area contributed by atoms with Crippen LogP contribution in [-0.2, 0) is 16.6 Å². The minimum Gasteiger partial charge on any atom is -0.348 e. The number of para-hydroxylation sites is 1. The number of carbonyl (C=O) groups excluding carboxylic acids is 1. The van der Waals surface area contributed by atoms with Crippen molar-refractivity contribution in [2.75, 3.05) is 4.72 Å². The fourth-order valence-electron chi connectivity index (χ4n) is 2.47. The first kappa shape index (κ1) is 19.9. The molecule has 144 valence electrons. The van der Waals surface area contributed by atoms with Gasteiger partial charge in [-0.3, -0.25) is 9.52 Å². The summed E-state index contributed by atoms with van der Waals surface area (Å²) in [4.78, 5) is 12.4. The highest BCUT2D eigenvalue weighted by Crippen LogP contribution is 2.20. The van der Waals surface area contributed by atoms with Gasteiger partial charge in [-0.1, -0.05) is 35.9 Å². The van der Waals surface area contributed by atoms with Gasteiger partial charge >= 0.3 is 0 Å². The zero-order valence-corrected chi connectivity index (χ0v) is 16.1. The van der Waals surface area contributed by atoms with E-state index in [2.05, 4.69) is 10.0 Å². The van der Waals surface area contributed by atoms with Gasteiger partial charge in [0, 0.05) is 11.6 Å². The largest absolute Gasteiger partial charge is 0.348 e. The maximum Gasteiger partial charge on any atom is 0.261 e. The molecule has 3 aromatic rings. The summed E-state index contributed by atoms with van der Waals surface area (Å²) in [5, 5.41) is 3.33. The Hall–Kier alpha value is -2.90. The molecule has 8 heteroatoms. The predicted molar refractivity (Wildman–Crippen MR) is 106 cm³/mol. The topological polar surface area (TPSA) is 75.3 Å². The number of rotatable bonds is 6. The van der Waals surface area contributed by atoms with E-state index < -0.39 is 21.7 Å². The number of carbonyl (C=O) groups is 1. The Labute approximate surface area is 167 Å². The zero-order valence-electron chi connectivity index (χ0n) is 14.5. The fraction of sp³-hybridized carbons (Fsp3) is 0.0500. The third-order valence-corrected chi connectivity index (χ3v) is 5.54. The molecule has 0 aliphatic carbocycles. The second kappa shape index (κ2) is 8.41. The number of anilines is 1. The van der Waals surface area contributed by atoms with Crippen LogP contribution in [0.3, 0.4) is 0 Å². The van der Waals surface area contributed by atoms with Crippen LogP contribution in [0.25, 0.3) is 0 Å². The molecule has 2 N–H and O–H groups in total. The molecule has 28 heavy (non-hydrogen) atoms. The smallest absolute Gasteiger partial charge is 0.261 e. The summed E-state index contributed by atoms with van der Waals surface area (Å²) in [6.07, 6.45) is 0. The van der Waals surface area contributed by atoms with E-state index in [1.165, 1.54) is 12.1 Å². The number of benzene rings is 3. The molecule has 0 spiro atoms. The normalized spacial score (nSPS) is 11.1. The quantitative estimate of drug-likeness (QED) is 0.629. The van der Waals surface area contributed by atoms with Crippen molar-refractivity contribution in [2.45, 2.75) is 11.4 Å². The van der Waals surface area contributed by atoms with E-state index in [1.54, 1.807) is 36.4 Å². The Balaban J connectivity index is 1.77. The van der Waals surface area contributed by atoms with E-state index in [-0.39, 0.29) is 22.7 Å². The number of hydrogen-bond acceptors (Lipinski definition) is 3. The molecule has 3 aromatic carbocycles. The Bertz CT molecular complexity index is 1090. The zero-order chi connectivity index (χ0) is 20.1. The first-order valence-corrected chi connectivity index (χ1v) is 10.1. The molecule has 0 heterocycles. The lowest BCUT2D eigenvalue weighted by Crippen LogP contribution is -2.25. The standard InChI is InChI=1S/C20H16ClFN2O3S/c21-15-7-5-14(6-8-15)13-23-20(25)18-3-1-2-4-19(18)24-28(26,27)17-11-9-16(22)10-12-17/h1-12,24H,13H2,(H,23,25). The molecule has 0 radical (unpaired) electrons. The summed E-state index contributed by atoms with van der Waals surface area (Å²) in [6.45, 7) is 0.259. The van der Waals surface area contributed by atoms with Crippen molar-refractivity contribution >= 4 is 33.2 Å². The molecule has 5 nitrogen and oxygen atoms in total. The van der Waals surface area contributed by atoms with Crippen LogP contribution in [0.4, 0.5) is 10.1 Å². The van der Waals surface area contributed by atoms with Gasteiger partial charge in [-0.15, -0.1) is 0 Å². The van der Waals surface area contributed by atoms with Gasteiger partial charge in [-0.05, 0) is 54.1 Å². The highest BCUT2D eigenvalue weighted by atomic mass is 35.5. The summed E-state index contributed by atoms with van der Waals surface area (Å²) >= 11 is 5.84. The molecular formula is C20H16ClFN2O3S. The molecular weight excluding hydrogens is 403 g/mol. The lowest BCUT2D eigenvalue weighted by atomic mass is 10.1. The average molecular weight is 419 g/mol. The lowest BCUT2D eigenvalue weighted by molar-refractivity contribution is 0.0952. The Morgan fingerprint density at radius 2 is 1.57 bits per heavy atom. The van der Waals surface area contributed by atoms with E-state index in [4.69, 9.17) is 11.6 Å². The molecule has 0 unspecified atom stereocenters. The van der Waals surface area contributed by atoms with Gasteiger partial charge in [0.15, 0.2) is 0 Å². The van der Waals surface area contributed by atoms with E-state index in [0.717, 1.165) is 29.8 Å². The second-order valence-corrected chi connectivity index (χ2v) is 8.03. The van der Waals surface area contributed by atoms with Crippen LogP contribution in [0, 0.1) is 5.82 Å². The fourth-order valence-corrected chi connectivity index (χ4v) is 3.67. The molecule has 1 amide bonds. The van der Waals surface area contributed by atoms with Gasteiger partial charge in [0.1, 0.15) is 5.82 Å². The molecule has 0 saturated heterocycles. The highest BCUT2D eigenvalue weighted by molar-refractivity contribution is 7.92. The maximum atomic E-state index is 13.0. The minimum atomic E-state index is -3.97. The van der Waals surface area contributed by atoms with E-state index >= 15 is 0 Å². The molecule has 0 atom stereocenters. The predicted octanol–water partition coefficient (Wildman–Crippen LogP) is 4.21. The van der Waals surface area contributed by atoms with Gasteiger partial charge in [-0.2, -0.15) is 0 Å². The Kier molecular flexibility index (Phi) is 5.96. The highest BCUT2D eigenvalue weighted by Gasteiger charge is 2.18. The number of hydrogen-bond donors (Lipinski definition) is 2. The molecule has 0 aliphatic rings. The summed E-state index contributed by atoms with van der Waals surface area (Å²) in [6, 6.07) is 17.7. The third kappa shape index (κ3) is 4.88. The van der Waals surface area contributed by atoms with Crippen LogP contribution < -0.4 is 10.0 Å². The first-order chi connectivity index (χ1) is 13.3. The number of amides is 1. The van der Waals surface area contributed by atoms with Gasteiger partial charge in [0.2, 0.25) is 0 Å². The summed E-state index contributed by atoms with van der Waals surface area (Å²) < 4.78 is 40.5. The molecule has 0 fully saturated rings. The second-order valence-electron chi connectivity index (χ2n) is 5.91. The third-order valence-electron chi connectivity index (χ3n) is 3.91. The Morgan fingerprint density at radius 1 is 0.929 bits per heavy atom. The number of nitrogens with one attached hydrogen (secondary N) is 2. The molecule has 0 aliphatic heterocycles. The van der Waals surface area contributed by atoms with Crippen LogP contribution in [0.1, 0.15) is 15.9 Å². The molecule has 3 rings (SSSR count). The Morgan fingerprint density at radius 3 is 2.25 bits per heavy atom. The van der Waals surface area contributed by atoms with Crippen molar-refractivity contribution < 1.29 is 17.6 Å². The van der Waals surface area contributed by atoms with Gasteiger partial charge in [-0.25, -0.2) is 12.8 Å². The van der Waals surface area contributed by atoms with Crippen molar-refractivity contribution in [3.8, 4) is 0 Å². The van der Waals surface area contributed by atoms with E-state index in [1.807, 2.05) is 0 Å². The van der Waals surface area contributed by atoms with Crippen LogP contribution in [0.2, 0.25) is 5.02 Å². The van der Waals surface area contributed by atoms with Crippen LogP contribution in [0.15, 0.2) is 77.7 Å². The van der Waals surface area contributed by atoms with Gasteiger partial charge in [0.25, 0.3) is 15.9 Å². The van der Waals surface area contributed by atoms with Crippen LogP contribution >= 0.6 is 11.6 Å². The average Bonchev–Trinajstić information content (AvgIpc) is 2.68. The summed E-state index contributed by atoms with van der Waals surface area (Å²) in [7, 11) is -3.97. The van der Waals surface area contributed by atoms with Gasteiger partial charge in [0.05, 0.1) is 16.1 Å². The minimum absolute atomic E-state index is 0.106. The number of halogens is 2. The lowest BCUT2D eigenvalue weighted by Gasteiger charge is -2.13. The summed E-state index contributed by atoms with van der Waals surface area (Å²) in [5.41, 5.74) is 1.14. The van der Waals surface area contributed by atoms with Crippen LogP contribution in [-0.4, -0.2) is 14.3 Å². The van der Waals surface area contributed by atoms with Crippen molar-refractivity contribution in [3.63, 3.8) is 0 Å². The monoisotopic (exact) mass is 418 g/mol. The van der Waals surface area contributed by atoms with E-state index in [0.29, 0.717) is 5.02 Å². The first-order valence-electron chi connectivity index (χ1n) is 8.25. The van der Waals surface area contributed by atoms with Crippen molar-refractivity contribution in [1.29, 1.82) is 0 Å². The van der Waals surface area contributed by atoms with Gasteiger partial charge < -0.3 is 5.32 Å². The number of sulfonamides is 1.